The molecule has 0 fully saturated rings. The van der Waals surface area contributed by atoms with Gasteiger partial charge in [0.05, 0.1) is 0 Å². The maximum atomic E-state index is 13.4. The van der Waals surface area contributed by atoms with Gasteiger partial charge in [0, 0.05) is 14.7 Å². The van der Waals surface area contributed by atoms with E-state index in [2.05, 4.69) is 27.6 Å². The molecule has 1 heterocycles. The molecule has 0 spiro atoms. The van der Waals surface area contributed by atoms with E-state index in [1.165, 1.54) is 18.2 Å². The molecule has 6 heteroatoms. The number of carbonyl (C=O) groups is 1. The Hall–Kier alpha value is -3.00. The fraction of sp³-hybridized carbons (Fsp3) is 0.0435. The van der Waals surface area contributed by atoms with Crippen LogP contribution in [0.2, 0.25) is 0 Å². The third-order valence-corrected chi connectivity index (χ3v) is 4.93. The molecule has 0 N–H and O–H groups in total. The first-order valence-corrected chi connectivity index (χ1v) is 9.91. The predicted octanol–water partition coefficient (Wildman–Crippen LogP) is 5.35. The molecule has 3 aromatic carbocycles. The number of hydrogen-bond acceptors (Lipinski definition) is 4. The standard InChI is InChI=1S/C23H15FINO3/c24-18-6-3-5-17(12-18)22-26-20(23(27)29-22)13-16-4-1-2-7-21(16)28-14-15-8-10-19(25)11-9-15/h1-13H,14H2/b20-13-. The number of esters is 1. The second-order valence-corrected chi connectivity index (χ2v) is 7.55. The van der Waals surface area contributed by atoms with Crippen molar-refractivity contribution in [3.05, 3.63) is 105 Å². The van der Waals surface area contributed by atoms with Gasteiger partial charge in [-0.05, 0) is 70.6 Å². The quantitative estimate of drug-likeness (QED) is 0.270. The second kappa shape index (κ2) is 8.57. The summed E-state index contributed by atoms with van der Waals surface area (Å²) in [6, 6.07) is 21.2. The molecule has 0 radical (unpaired) electrons. The summed E-state index contributed by atoms with van der Waals surface area (Å²) in [6.07, 6.45) is 1.61. The molecule has 29 heavy (non-hydrogen) atoms. The lowest BCUT2D eigenvalue weighted by Crippen LogP contribution is -2.05. The molecular formula is C23H15FINO3. The first-order chi connectivity index (χ1) is 14.1. The Balaban J connectivity index is 1.57. The number of benzene rings is 3. The Kier molecular flexibility index (Phi) is 5.71. The second-order valence-electron chi connectivity index (χ2n) is 6.30. The van der Waals surface area contributed by atoms with E-state index >= 15 is 0 Å². The number of cyclic esters (lactones) is 1. The van der Waals surface area contributed by atoms with Crippen LogP contribution in [0.4, 0.5) is 4.39 Å². The summed E-state index contributed by atoms with van der Waals surface area (Å²) in [7, 11) is 0. The van der Waals surface area contributed by atoms with Gasteiger partial charge in [-0.3, -0.25) is 0 Å². The Morgan fingerprint density at radius 1 is 1.03 bits per heavy atom. The van der Waals surface area contributed by atoms with E-state index in [0.717, 1.165) is 9.13 Å². The summed E-state index contributed by atoms with van der Waals surface area (Å²) >= 11 is 2.25. The van der Waals surface area contributed by atoms with Gasteiger partial charge in [0.1, 0.15) is 18.2 Å². The maximum Gasteiger partial charge on any atom is 0.363 e. The zero-order valence-electron chi connectivity index (χ0n) is 15.1. The molecule has 0 aliphatic carbocycles. The minimum absolute atomic E-state index is 0.0815. The van der Waals surface area contributed by atoms with Crippen molar-refractivity contribution in [2.45, 2.75) is 6.61 Å². The van der Waals surface area contributed by atoms with E-state index in [0.29, 0.717) is 23.5 Å². The number of hydrogen-bond donors (Lipinski definition) is 0. The van der Waals surface area contributed by atoms with Gasteiger partial charge >= 0.3 is 5.97 Å². The Morgan fingerprint density at radius 3 is 2.62 bits per heavy atom. The number of nitrogens with zero attached hydrogens (tertiary/aromatic N) is 1. The Labute approximate surface area is 180 Å². The van der Waals surface area contributed by atoms with Crippen LogP contribution in [0.5, 0.6) is 5.75 Å². The minimum Gasteiger partial charge on any atom is -0.488 e. The van der Waals surface area contributed by atoms with Crippen LogP contribution in [0, 0.1) is 9.39 Å². The van der Waals surface area contributed by atoms with E-state index in [1.807, 2.05) is 48.5 Å². The molecule has 1 aliphatic heterocycles. The van der Waals surface area contributed by atoms with E-state index in [-0.39, 0.29) is 11.6 Å². The summed E-state index contributed by atoms with van der Waals surface area (Å²) in [5, 5.41) is 0. The monoisotopic (exact) mass is 499 g/mol. The highest BCUT2D eigenvalue weighted by molar-refractivity contribution is 14.1. The topological polar surface area (TPSA) is 47.9 Å². The SMILES string of the molecule is O=C1OC(c2cccc(F)c2)=N/C1=C\c1ccccc1OCc1ccc(I)cc1. The van der Waals surface area contributed by atoms with Gasteiger partial charge < -0.3 is 9.47 Å². The molecule has 0 atom stereocenters. The van der Waals surface area contributed by atoms with Crippen LogP contribution in [-0.4, -0.2) is 11.9 Å². The van der Waals surface area contributed by atoms with Crippen molar-refractivity contribution < 1.29 is 18.7 Å². The fourth-order valence-corrected chi connectivity index (χ4v) is 3.13. The van der Waals surface area contributed by atoms with Crippen molar-refractivity contribution in [2.75, 3.05) is 0 Å². The normalized spacial score (nSPS) is 14.6. The molecule has 0 aromatic heterocycles. The van der Waals surface area contributed by atoms with E-state index in [1.54, 1.807) is 12.1 Å². The number of rotatable bonds is 5. The number of ether oxygens (including phenoxy) is 2. The van der Waals surface area contributed by atoms with E-state index in [4.69, 9.17) is 9.47 Å². The molecule has 1 aliphatic rings. The molecule has 0 bridgehead atoms. The van der Waals surface area contributed by atoms with Gasteiger partial charge in [-0.15, -0.1) is 0 Å². The summed E-state index contributed by atoms with van der Waals surface area (Å²) in [5.74, 6) is -0.302. The highest BCUT2D eigenvalue weighted by Crippen LogP contribution is 2.25. The molecule has 4 nitrogen and oxygen atoms in total. The van der Waals surface area contributed by atoms with Crippen LogP contribution < -0.4 is 4.74 Å². The summed E-state index contributed by atoms with van der Waals surface area (Å²) < 4.78 is 25.7. The number of para-hydroxylation sites is 1. The maximum absolute atomic E-state index is 13.4. The predicted molar refractivity (Wildman–Crippen MR) is 117 cm³/mol. The molecule has 0 unspecified atom stereocenters. The van der Waals surface area contributed by atoms with Gasteiger partial charge in [0.15, 0.2) is 5.70 Å². The summed E-state index contributed by atoms with van der Waals surface area (Å²) in [6.45, 7) is 0.402. The van der Waals surface area contributed by atoms with Gasteiger partial charge in [0.25, 0.3) is 0 Å². The average Bonchev–Trinajstić information content (AvgIpc) is 3.09. The molecule has 0 saturated carbocycles. The molecule has 0 amide bonds. The summed E-state index contributed by atoms with van der Waals surface area (Å²) in [4.78, 5) is 16.5. The molecule has 4 rings (SSSR count). The first kappa shape index (κ1) is 19.3. The van der Waals surface area contributed by atoms with Gasteiger partial charge in [-0.25, -0.2) is 14.2 Å². The van der Waals surface area contributed by atoms with Crippen molar-refractivity contribution in [3.63, 3.8) is 0 Å². The smallest absolute Gasteiger partial charge is 0.363 e. The molecule has 3 aromatic rings. The van der Waals surface area contributed by atoms with Crippen molar-refractivity contribution in [1.82, 2.24) is 0 Å². The highest BCUT2D eigenvalue weighted by Gasteiger charge is 2.24. The lowest BCUT2D eigenvalue weighted by atomic mass is 10.1. The average molecular weight is 499 g/mol. The van der Waals surface area contributed by atoms with Gasteiger partial charge in [0.2, 0.25) is 5.90 Å². The minimum atomic E-state index is -0.586. The van der Waals surface area contributed by atoms with Crippen LogP contribution in [0.3, 0.4) is 0 Å². The number of halogens is 2. The highest BCUT2D eigenvalue weighted by atomic mass is 127. The van der Waals surface area contributed by atoms with E-state index < -0.39 is 11.8 Å². The lowest BCUT2D eigenvalue weighted by Gasteiger charge is -2.09. The number of carbonyl (C=O) groups excluding carboxylic acids is 1. The van der Waals surface area contributed by atoms with Crippen LogP contribution in [-0.2, 0) is 16.1 Å². The van der Waals surface area contributed by atoms with Crippen molar-refractivity contribution in [2.24, 2.45) is 4.99 Å². The third kappa shape index (κ3) is 4.71. The zero-order valence-corrected chi connectivity index (χ0v) is 17.3. The van der Waals surface area contributed by atoms with Crippen LogP contribution >= 0.6 is 22.6 Å². The Bertz CT molecular complexity index is 1120. The van der Waals surface area contributed by atoms with Crippen LogP contribution in [0.1, 0.15) is 16.7 Å². The number of aliphatic imine (C=N–C) groups is 1. The van der Waals surface area contributed by atoms with Gasteiger partial charge in [-0.1, -0.05) is 36.4 Å². The first-order valence-electron chi connectivity index (χ1n) is 8.83. The van der Waals surface area contributed by atoms with Crippen LogP contribution in [0.25, 0.3) is 6.08 Å². The van der Waals surface area contributed by atoms with Crippen molar-refractivity contribution >= 4 is 40.5 Å². The molecule has 0 saturated heterocycles. The van der Waals surface area contributed by atoms with Crippen molar-refractivity contribution in [3.8, 4) is 5.75 Å². The van der Waals surface area contributed by atoms with Crippen LogP contribution in [0.15, 0.2) is 83.5 Å². The summed E-state index contributed by atoms with van der Waals surface area (Å²) in [5.41, 5.74) is 2.29. The largest absolute Gasteiger partial charge is 0.488 e. The fourth-order valence-electron chi connectivity index (χ4n) is 2.77. The third-order valence-electron chi connectivity index (χ3n) is 4.21. The van der Waals surface area contributed by atoms with Crippen molar-refractivity contribution in [1.29, 1.82) is 0 Å². The van der Waals surface area contributed by atoms with Gasteiger partial charge in [-0.2, -0.15) is 0 Å². The Morgan fingerprint density at radius 2 is 1.83 bits per heavy atom. The lowest BCUT2D eigenvalue weighted by molar-refractivity contribution is -0.129. The molecular weight excluding hydrogens is 484 g/mol. The zero-order chi connectivity index (χ0) is 20.2. The van der Waals surface area contributed by atoms with E-state index in [9.17, 15) is 9.18 Å². The molecule has 144 valence electrons.